The smallest absolute Gasteiger partial charge is 0.342 e. The predicted octanol–water partition coefficient (Wildman–Crippen LogP) is 1.86. The van der Waals surface area contributed by atoms with Crippen molar-refractivity contribution in [3.05, 3.63) is 23.8 Å². The Bertz CT molecular complexity index is 533. The molecule has 1 rings (SSSR count). The number of nitrogens with one attached hydrogen (secondary N) is 1. The quantitative estimate of drug-likeness (QED) is 0.828. The fraction of sp³-hybridized carbons (Fsp3) is 0.467. The van der Waals surface area contributed by atoms with Gasteiger partial charge < -0.3 is 19.9 Å². The number of phenols is 1. The first-order valence-electron chi connectivity index (χ1n) is 6.54. The number of amides is 1. The molecule has 0 aromatic heterocycles. The number of methoxy groups -OCH3 is 1. The van der Waals surface area contributed by atoms with Gasteiger partial charge in [-0.15, -0.1) is 0 Å². The van der Waals surface area contributed by atoms with Gasteiger partial charge >= 0.3 is 5.97 Å². The molecule has 0 saturated heterocycles. The molecule has 1 amide bonds. The lowest BCUT2D eigenvalue weighted by molar-refractivity contribution is -0.130. The van der Waals surface area contributed by atoms with Gasteiger partial charge in [0.05, 0.1) is 7.11 Å². The Morgan fingerprint density at radius 1 is 1.29 bits per heavy atom. The molecule has 0 spiro atoms. The van der Waals surface area contributed by atoms with Crippen LogP contribution in [0.15, 0.2) is 18.2 Å². The summed E-state index contributed by atoms with van der Waals surface area (Å²) in [6.45, 7) is 6.96. The van der Waals surface area contributed by atoms with Gasteiger partial charge in [-0.05, 0) is 39.8 Å². The van der Waals surface area contributed by atoms with Crippen LogP contribution in [0.1, 0.15) is 38.1 Å². The minimum absolute atomic E-state index is 0.0220. The lowest BCUT2D eigenvalue weighted by Gasteiger charge is -2.23. The lowest BCUT2D eigenvalue weighted by Crippen LogP contribution is -2.46. The third kappa shape index (κ3) is 4.98. The van der Waals surface area contributed by atoms with Crippen molar-refractivity contribution >= 4 is 11.9 Å². The highest BCUT2D eigenvalue weighted by Gasteiger charge is 2.24. The van der Waals surface area contributed by atoms with Crippen molar-refractivity contribution in [1.29, 1.82) is 0 Å². The number of hydrogen-bond donors (Lipinski definition) is 2. The van der Waals surface area contributed by atoms with Gasteiger partial charge in [-0.2, -0.15) is 0 Å². The van der Waals surface area contributed by atoms with E-state index >= 15 is 0 Å². The molecular formula is C15H21NO5. The highest BCUT2D eigenvalue weighted by molar-refractivity contribution is 5.94. The van der Waals surface area contributed by atoms with E-state index in [-0.39, 0.29) is 11.3 Å². The fourth-order valence-corrected chi connectivity index (χ4v) is 1.56. The highest BCUT2D eigenvalue weighted by atomic mass is 16.5. The van der Waals surface area contributed by atoms with Gasteiger partial charge in [0.2, 0.25) is 0 Å². The van der Waals surface area contributed by atoms with Gasteiger partial charge in [-0.25, -0.2) is 4.79 Å². The number of benzene rings is 1. The summed E-state index contributed by atoms with van der Waals surface area (Å²) < 4.78 is 9.97. The second kappa shape index (κ2) is 6.47. The summed E-state index contributed by atoms with van der Waals surface area (Å²) in [7, 11) is 1.45. The first kappa shape index (κ1) is 16.8. The van der Waals surface area contributed by atoms with Gasteiger partial charge in [-0.3, -0.25) is 4.79 Å². The van der Waals surface area contributed by atoms with Gasteiger partial charge in [0.15, 0.2) is 6.10 Å². The summed E-state index contributed by atoms with van der Waals surface area (Å²) >= 11 is 0. The lowest BCUT2D eigenvalue weighted by atomic mass is 10.1. The summed E-state index contributed by atoms with van der Waals surface area (Å²) in [6.07, 6.45) is -0.960. The van der Waals surface area contributed by atoms with Crippen LogP contribution >= 0.6 is 0 Å². The van der Waals surface area contributed by atoms with E-state index in [1.165, 1.54) is 32.2 Å². The number of ether oxygens (including phenoxy) is 2. The fourth-order valence-electron chi connectivity index (χ4n) is 1.56. The standard InChI is InChI=1S/C15H21NO5/c1-9(13(18)16-15(2,3)4)21-14(19)11-7-6-10(20-5)8-12(11)17/h6-9,17H,1-5H3,(H,16,18)/t9-/m1/s1. The molecule has 0 fully saturated rings. The number of phenolic OH excluding ortho intramolecular Hbond substituents is 1. The maximum Gasteiger partial charge on any atom is 0.342 e. The number of aromatic hydroxyl groups is 1. The summed E-state index contributed by atoms with van der Waals surface area (Å²) in [5, 5.41) is 12.5. The minimum atomic E-state index is -0.960. The van der Waals surface area contributed by atoms with Gasteiger partial charge in [0, 0.05) is 11.6 Å². The molecule has 116 valence electrons. The van der Waals surface area contributed by atoms with E-state index in [9.17, 15) is 14.7 Å². The molecule has 0 aliphatic heterocycles. The van der Waals surface area contributed by atoms with Crippen molar-refractivity contribution in [2.75, 3.05) is 7.11 Å². The van der Waals surface area contributed by atoms with E-state index in [0.717, 1.165) is 0 Å². The summed E-state index contributed by atoms with van der Waals surface area (Å²) in [6, 6.07) is 4.21. The molecule has 0 heterocycles. The SMILES string of the molecule is COc1ccc(C(=O)O[C@H](C)C(=O)NC(C)(C)C)c(O)c1. The minimum Gasteiger partial charge on any atom is -0.507 e. The van der Waals surface area contributed by atoms with Crippen LogP contribution in [-0.2, 0) is 9.53 Å². The molecule has 0 bridgehead atoms. The van der Waals surface area contributed by atoms with Crippen LogP contribution < -0.4 is 10.1 Å². The Morgan fingerprint density at radius 2 is 1.90 bits per heavy atom. The van der Waals surface area contributed by atoms with E-state index < -0.39 is 23.5 Å². The van der Waals surface area contributed by atoms with Crippen LogP contribution in [0, 0.1) is 0 Å². The molecule has 6 nitrogen and oxygen atoms in total. The zero-order valence-electron chi connectivity index (χ0n) is 12.9. The van der Waals surface area contributed by atoms with Crippen LogP contribution in [0.25, 0.3) is 0 Å². The Morgan fingerprint density at radius 3 is 2.38 bits per heavy atom. The zero-order chi connectivity index (χ0) is 16.2. The molecule has 1 aromatic carbocycles. The molecular weight excluding hydrogens is 274 g/mol. The maximum absolute atomic E-state index is 11.9. The third-order valence-electron chi connectivity index (χ3n) is 2.58. The Hall–Kier alpha value is -2.24. The number of carbonyl (C=O) groups excluding carboxylic acids is 2. The van der Waals surface area contributed by atoms with E-state index in [0.29, 0.717) is 5.75 Å². The molecule has 6 heteroatoms. The molecule has 1 atom stereocenters. The first-order chi connectivity index (χ1) is 9.64. The van der Waals surface area contributed by atoms with Crippen molar-refractivity contribution in [2.24, 2.45) is 0 Å². The largest absolute Gasteiger partial charge is 0.507 e. The molecule has 0 radical (unpaired) electrons. The molecule has 2 N–H and O–H groups in total. The third-order valence-corrected chi connectivity index (χ3v) is 2.58. The van der Waals surface area contributed by atoms with Crippen molar-refractivity contribution < 1.29 is 24.2 Å². The van der Waals surface area contributed by atoms with Crippen LogP contribution in [0.4, 0.5) is 0 Å². The second-order valence-corrected chi connectivity index (χ2v) is 5.67. The Balaban J connectivity index is 2.75. The van der Waals surface area contributed by atoms with Crippen molar-refractivity contribution in [1.82, 2.24) is 5.32 Å². The second-order valence-electron chi connectivity index (χ2n) is 5.67. The number of carbonyl (C=O) groups is 2. The van der Waals surface area contributed by atoms with Gasteiger partial charge in [0.1, 0.15) is 17.1 Å². The normalized spacial score (nSPS) is 12.4. The van der Waals surface area contributed by atoms with Crippen LogP contribution in [0.2, 0.25) is 0 Å². The number of rotatable bonds is 4. The average Bonchev–Trinajstić information content (AvgIpc) is 2.36. The predicted molar refractivity (Wildman–Crippen MR) is 77.4 cm³/mol. The van der Waals surface area contributed by atoms with E-state index in [2.05, 4.69) is 5.32 Å². The Kier molecular flexibility index (Phi) is 5.18. The van der Waals surface area contributed by atoms with Crippen molar-refractivity contribution in [3.63, 3.8) is 0 Å². The highest BCUT2D eigenvalue weighted by Crippen LogP contribution is 2.24. The first-order valence-corrected chi connectivity index (χ1v) is 6.54. The summed E-state index contributed by atoms with van der Waals surface area (Å²) in [4.78, 5) is 23.8. The van der Waals surface area contributed by atoms with Crippen LogP contribution in [0.5, 0.6) is 11.5 Å². The molecule has 0 aliphatic carbocycles. The topological polar surface area (TPSA) is 84.9 Å². The van der Waals surface area contributed by atoms with E-state index in [1.54, 1.807) is 0 Å². The van der Waals surface area contributed by atoms with Crippen molar-refractivity contribution in [2.45, 2.75) is 39.3 Å². The Labute approximate surface area is 124 Å². The van der Waals surface area contributed by atoms with Crippen LogP contribution in [-0.4, -0.2) is 35.7 Å². The van der Waals surface area contributed by atoms with E-state index in [4.69, 9.17) is 9.47 Å². The van der Waals surface area contributed by atoms with Gasteiger partial charge in [0.25, 0.3) is 5.91 Å². The number of hydrogen-bond acceptors (Lipinski definition) is 5. The summed E-state index contributed by atoms with van der Waals surface area (Å²) in [5.41, 5.74) is -0.439. The maximum atomic E-state index is 11.9. The van der Waals surface area contributed by atoms with Crippen molar-refractivity contribution in [3.8, 4) is 11.5 Å². The zero-order valence-corrected chi connectivity index (χ0v) is 12.9. The molecule has 1 aromatic rings. The van der Waals surface area contributed by atoms with Crippen LogP contribution in [0.3, 0.4) is 0 Å². The van der Waals surface area contributed by atoms with Gasteiger partial charge in [-0.1, -0.05) is 0 Å². The van der Waals surface area contributed by atoms with E-state index in [1.807, 2.05) is 20.8 Å². The number of esters is 1. The molecule has 0 aliphatic rings. The summed E-state index contributed by atoms with van der Waals surface area (Å²) in [5.74, 6) is -1.01. The molecule has 21 heavy (non-hydrogen) atoms. The molecule has 0 unspecified atom stereocenters. The molecule has 0 saturated carbocycles. The average molecular weight is 295 g/mol. The monoisotopic (exact) mass is 295 g/mol.